The van der Waals surface area contributed by atoms with Crippen molar-refractivity contribution in [3.8, 4) is 5.75 Å². The van der Waals surface area contributed by atoms with Crippen molar-refractivity contribution in [3.63, 3.8) is 0 Å². The van der Waals surface area contributed by atoms with E-state index in [1.165, 1.54) is 0 Å². The average Bonchev–Trinajstić information content (AvgIpc) is 2.63. The summed E-state index contributed by atoms with van der Waals surface area (Å²) in [4.78, 5) is 24.7. The Balaban J connectivity index is 1.62. The van der Waals surface area contributed by atoms with E-state index >= 15 is 0 Å². The fraction of sp³-hybridized carbons (Fsp3) is 0.450. The summed E-state index contributed by atoms with van der Waals surface area (Å²) < 4.78 is 5.61. The highest BCUT2D eigenvalue weighted by Crippen LogP contribution is 2.22. The smallest absolute Gasteiger partial charge is 0.344 e. The van der Waals surface area contributed by atoms with Crippen LogP contribution in [0.3, 0.4) is 0 Å². The van der Waals surface area contributed by atoms with Crippen LogP contribution in [0, 0.1) is 13.8 Å². The lowest BCUT2D eigenvalue weighted by molar-refractivity contribution is -0.144. The number of carbonyl (C=O) groups is 1. The van der Waals surface area contributed by atoms with Gasteiger partial charge in [0.1, 0.15) is 5.75 Å². The number of aromatic nitrogens is 2. The molecule has 3 rings (SSSR count). The number of ether oxygens (including phenoxy) is 1. The van der Waals surface area contributed by atoms with Crippen molar-refractivity contribution < 1.29 is 14.6 Å². The fourth-order valence-electron chi connectivity index (χ4n) is 3.19. The van der Waals surface area contributed by atoms with Crippen LogP contribution in [-0.4, -0.2) is 58.2 Å². The number of rotatable bonds is 6. The number of carboxylic acid groups (broad SMARTS) is 1. The van der Waals surface area contributed by atoms with E-state index in [2.05, 4.69) is 19.8 Å². The number of benzene rings is 1. The number of piperazine rings is 1. The third-order valence-corrected chi connectivity index (χ3v) is 4.64. The van der Waals surface area contributed by atoms with Crippen molar-refractivity contribution in [3.05, 3.63) is 47.3 Å². The molecule has 2 heterocycles. The number of nitrogens with zero attached hydrogens (tertiary/aromatic N) is 4. The zero-order chi connectivity index (χ0) is 19.4. The molecule has 0 bridgehead atoms. The lowest BCUT2D eigenvalue weighted by atomic mass is 10.1. The maximum atomic E-state index is 11.1. The minimum atomic E-state index is -0.966. The van der Waals surface area contributed by atoms with Gasteiger partial charge in [-0.15, -0.1) is 0 Å². The van der Waals surface area contributed by atoms with Gasteiger partial charge >= 0.3 is 5.97 Å². The van der Waals surface area contributed by atoms with Crippen LogP contribution in [-0.2, 0) is 11.3 Å². The van der Waals surface area contributed by atoms with Crippen molar-refractivity contribution >= 4 is 11.9 Å². The van der Waals surface area contributed by atoms with Gasteiger partial charge in [-0.05, 0) is 32.9 Å². The topological polar surface area (TPSA) is 78.8 Å². The summed E-state index contributed by atoms with van der Waals surface area (Å²) in [6.45, 7) is 9.74. The van der Waals surface area contributed by atoms with Gasteiger partial charge < -0.3 is 14.7 Å². The molecule has 0 radical (unpaired) electrons. The van der Waals surface area contributed by atoms with Crippen molar-refractivity contribution in [1.82, 2.24) is 14.9 Å². The first-order valence-electron chi connectivity index (χ1n) is 9.19. The molecule has 7 nitrogen and oxygen atoms in total. The van der Waals surface area contributed by atoms with Crippen LogP contribution in [0.1, 0.15) is 23.9 Å². The summed E-state index contributed by atoms with van der Waals surface area (Å²) in [6.07, 6.45) is -0.871. The van der Waals surface area contributed by atoms with Crippen LogP contribution in [0.5, 0.6) is 5.75 Å². The van der Waals surface area contributed by atoms with Gasteiger partial charge in [0.15, 0.2) is 6.10 Å². The lowest BCUT2D eigenvalue weighted by Gasteiger charge is -2.35. The first kappa shape index (κ1) is 19.1. The molecule has 144 valence electrons. The first-order valence-corrected chi connectivity index (χ1v) is 9.19. The predicted octanol–water partition coefficient (Wildman–Crippen LogP) is 2.27. The van der Waals surface area contributed by atoms with Crippen molar-refractivity contribution in [1.29, 1.82) is 0 Å². The zero-order valence-corrected chi connectivity index (χ0v) is 16.1. The second-order valence-electron chi connectivity index (χ2n) is 6.92. The Hall–Kier alpha value is -2.67. The van der Waals surface area contributed by atoms with Gasteiger partial charge in [0.05, 0.1) is 0 Å². The average molecular weight is 370 g/mol. The number of para-hydroxylation sites is 1. The molecular weight excluding hydrogens is 344 g/mol. The first-order chi connectivity index (χ1) is 12.9. The fourth-order valence-corrected chi connectivity index (χ4v) is 3.19. The molecule has 1 aliphatic heterocycles. The Labute approximate surface area is 159 Å². The molecule has 7 heteroatoms. The Kier molecular flexibility index (Phi) is 5.91. The molecule has 1 aliphatic rings. The van der Waals surface area contributed by atoms with Gasteiger partial charge in [0, 0.05) is 49.7 Å². The molecule has 1 aromatic carbocycles. The third-order valence-electron chi connectivity index (χ3n) is 4.64. The summed E-state index contributed by atoms with van der Waals surface area (Å²) in [5, 5.41) is 9.08. The van der Waals surface area contributed by atoms with E-state index in [1.807, 2.05) is 44.2 Å². The highest BCUT2D eigenvalue weighted by Gasteiger charge is 2.21. The van der Waals surface area contributed by atoms with Gasteiger partial charge in [-0.1, -0.05) is 18.2 Å². The summed E-state index contributed by atoms with van der Waals surface area (Å²) in [7, 11) is 0. The van der Waals surface area contributed by atoms with E-state index in [-0.39, 0.29) is 0 Å². The molecule has 0 spiro atoms. The molecule has 1 aromatic heterocycles. The van der Waals surface area contributed by atoms with Gasteiger partial charge in [-0.2, -0.15) is 0 Å². The zero-order valence-electron chi connectivity index (χ0n) is 16.1. The van der Waals surface area contributed by atoms with E-state index in [9.17, 15) is 4.79 Å². The van der Waals surface area contributed by atoms with Crippen molar-refractivity contribution in [2.75, 3.05) is 31.1 Å². The molecule has 1 atom stereocenters. The van der Waals surface area contributed by atoms with E-state index in [0.717, 1.165) is 55.6 Å². The maximum absolute atomic E-state index is 11.1. The van der Waals surface area contributed by atoms with Crippen LogP contribution < -0.4 is 9.64 Å². The number of aryl methyl sites for hydroxylation is 2. The highest BCUT2D eigenvalue weighted by molar-refractivity contribution is 5.72. The van der Waals surface area contributed by atoms with Crippen LogP contribution in [0.25, 0.3) is 0 Å². The third kappa shape index (κ3) is 4.95. The van der Waals surface area contributed by atoms with E-state index in [4.69, 9.17) is 9.84 Å². The second-order valence-corrected chi connectivity index (χ2v) is 6.92. The van der Waals surface area contributed by atoms with Gasteiger partial charge in [-0.25, -0.2) is 14.8 Å². The SMILES string of the molecule is Cc1cc(C)nc(N2CCN(Cc3ccccc3O[C@H](C)C(=O)O)CC2)n1. The molecule has 27 heavy (non-hydrogen) atoms. The highest BCUT2D eigenvalue weighted by atomic mass is 16.5. The lowest BCUT2D eigenvalue weighted by Crippen LogP contribution is -2.46. The molecule has 0 unspecified atom stereocenters. The van der Waals surface area contributed by atoms with Gasteiger partial charge in [-0.3, -0.25) is 4.90 Å². The minimum Gasteiger partial charge on any atom is -0.479 e. The normalized spacial score (nSPS) is 16.2. The summed E-state index contributed by atoms with van der Waals surface area (Å²) in [6, 6.07) is 9.61. The van der Waals surface area contributed by atoms with Gasteiger partial charge in [0.25, 0.3) is 0 Å². The number of carboxylic acids is 1. The Bertz CT molecular complexity index is 783. The summed E-state index contributed by atoms with van der Waals surface area (Å²) >= 11 is 0. The van der Waals surface area contributed by atoms with E-state index in [1.54, 1.807) is 6.92 Å². The number of anilines is 1. The second kappa shape index (κ2) is 8.35. The predicted molar refractivity (Wildman–Crippen MR) is 103 cm³/mol. The Morgan fingerprint density at radius 2 is 1.78 bits per heavy atom. The molecule has 2 aromatic rings. The summed E-state index contributed by atoms with van der Waals surface area (Å²) in [5.74, 6) is 0.463. The Morgan fingerprint density at radius 3 is 2.41 bits per heavy atom. The molecule has 1 fully saturated rings. The van der Waals surface area contributed by atoms with Crippen molar-refractivity contribution in [2.45, 2.75) is 33.4 Å². The van der Waals surface area contributed by atoms with Crippen LogP contribution >= 0.6 is 0 Å². The quantitative estimate of drug-likeness (QED) is 0.835. The van der Waals surface area contributed by atoms with Gasteiger partial charge in [0.2, 0.25) is 5.95 Å². The minimum absolute atomic E-state index is 0.632. The molecular formula is C20H26N4O3. The standard InChI is InChI=1S/C20H26N4O3/c1-14-12-15(2)22-20(21-14)24-10-8-23(9-11-24)13-17-6-4-5-7-18(17)27-16(3)19(25)26/h4-7,12,16H,8-11,13H2,1-3H3,(H,25,26)/t16-/m1/s1. The molecule has 0 amide bonds. The van der Waals surface area contributed by atoms with Crippen LogP contribution in [0.2, 0.25) is 0 Å². The number of hydrogen-bond acceptors (Lipinski definition) is 6. The summed E-state index contributed by atoms with van der Waals surface area (Å²) in [5.41, 5.74) is 2.97. The van der Waals surface area contributed by atoms with Crippen LogP contribution in [0.4, 0.5) is 5.95 Å². The van der Waals surface area contributed by atoms with Crippen molar-refractivity contribution in [2.24, 2.45) is 0 Å². The number of aliphatic carboxylic acids is 1. The molecule has 0 saturated carbocycles. The Morgan fingerprint density at radius 1 is 1.15 bits per heavy atom. The molecule has 0 aliphatic carbocycles. The van der Waals surface area contributed by atoms with Crippen LogP contribution in [0.15, 0.2) is 30.3 Å². The monoisotopic (exact) mass is 370 g/mol. The number of hydrogen-bond donors (Lipinski definition) is 1. The maximum Gasteiger partial charge on any atom is 0.344 e. The largest absolute Gasteiger partial charge is 0.479 e. The van der Waals surface area contributed by atoms with E-state index < -0.39 is 12.1 Å². The molecule has 1 saturated heterocycles. The molecule has 1 N–H and O–H groups in total. The van der Waals surface area contributed by atoms with E-state index in [0.29, 0.717) is 5.75 Å².